The summed E-state index contributed by atoms with van der Waals surface area (Å²) >= 11 is 0. The van der Waals surface area contributed by atoms with Gasteiger partial charge in [-0.1, -0.05) is 77.9 Å². The van der Waals surface area contributed by atoms with Gasteiger partial charge in [-0.05, 0) is 45.5 Å². The molecule has 0 aliphatic heterocycles. The van der Waals surface area contributed by atoms with Crippen molar-refractivity contribution in [1.82, 2.24) is 0 Å². The van der Waals surface area contributed by atoms with Crippen LogP contribution in [0.15, 0.2) is 90.0 Å². The van der Waals surface area contributed by atoms with Gasteiger partial charge >= 0.3 is 0 Å². The van der Waals surface area contributed by atoms with Crippen molar-refractivity contribution in [3.8, 4) is 5.75 Å². The van der Waals surface area contributed by atoms with Crippen LogP contribution in [0.2, 0.25) is 0 Å². The molecule has 1 aliphatic rings. The molecule has 0 aromatic heterocycles. The van der Waals surface area contributed by atoms with Crippen LogP contribution in [-0.4, -0.2) is 7.11 Å². The zero-order chi connectivity index (χ0) is 18.0. The summed E-state index contributed by atoms with van der Waals surface area (Å²) in [7, 11) is 1.64. The molecule has 0 bridgehead atoms. The van der Waals surface area contributed by atoms with Crippen molar-refractivity contribution in [2.45, 2.75) is 5.54 Å². The van der Waals surface area contributed by atoms with E-state index in [4.69, 9.17) is 4.74 Å². The lowest BCUT2D eigenvalue weighted by Gasteiger charge is -2.16. The number of methoxy groups -OCH3 is 1. The average Bonchev–Trinajstić information content (AvgIpc) is 3.39. The van der Waals surface area contributed by atoms with Gasteiger partial charge in [-0.15, -0.1) is 0 Å². The van der Waals surface area contributed by atoms with Crippen LogP contribution < -0.4 is 4.74 Å². The van der Waals surface area contributed by atoms with Gasteiger partial charge in [0.05, 0.1) is 7.11 Å². The van der Waals surface area contributed by atoms with E-state index in [1.807, 2.05) is 60.7 Å². The molecule has 4 rings (SSSR count). The maximum Gasteiger partial charge on any atom is 0.126 e. The van der Waals surface area contributed by atoms with Crippen LogP contribution >= 0.6 is 0 Å². The Morgan fingerprint density at radius 3 is 1.69 bits per heavy atom. The quantitative estimate of drug-likeness (QED) is 0.328. The molecule has 0 saturated carbocycles. The lowest BCUT2D eigenvalue weighted by atomic mass is 9.94. The molecule has 3 aromatic rings. The molecule has 4 nitrogen and oxygen atoms in total. The van der Waals surface area contributed by atoms with Crippen LogP contribution in [0.4, 0.5) is 0 Å². The summed E-state index contributed by atoms with van der Waals surface area (Å²) in [6.45, 7) is 0. The van der Waals surface area contributed by atoms with Gasteiger partial charge < -0.3 is 4.74 Å². The van der Waals surface area contributed by atoms with Crippen molar-refractivity contribution >= 4 is 11.1 Å². The summed E-state index contributed by atoms with van der Waals surface area (Å²) < 4.78 is 5.27. The molecular formula is C22H17N3O. The molecule has 0 fully saturated rings. The average molecular weight is 339 g/mol. The predicted molar refractivity (Wildman–Crippen MR) is 104 cm³/mol. The van der Waals surface area contributed by atoms with Crippen LogP contribution in [-0.2, 0) is 5.54 Å². The molecule has 26 heavy (non-hydrogen) atoms. The molecule has 0 saturated heterocycles. The zero-order valence-corrected chi connectivity index (χ0v) is 14.3. The van der Waals surface area contributed by atoms with Crippen LogP contribution in [0.3, 0.4) is 0 Å². The minimum Gasteiger partial charge on any atom is -0.497 e. The number of hydrogen-bond acceptors (Lipinski definition) is 2. The first-order chi connectivity index (χ1) is 12.8. The van der Waals surface area contributed by atoms with Crippen molar-refractivity contribution in [1.29, 1.82) is 0 Å². The third kappa shape index (κ3) is 2.44. The zero-order valence-electron chi connectivity index (χ0n) is 14.3. The van der Waals surface area contributed by atoms with E-state index in [1.165, 1.54) is 0 Å². The van der Waals surface area contributed by atoms with Crippen molar-refractivity contribution in [3.05, 3.63) is 112 Å². The van der Waals surface area contributed by atoms with Gasteiger partial charge in [0.25, 0.3) is 0 Å². The highest BCUT2D eigenvalue weighted by Crippen LogP contribution is 2.65. The fourth-order valence-corrected chi connectivity index (χ4v) is 3.53. The molecular weight excluding hydrogens is 322 g/mol. The Labute approximate surface area is 152 Å². The molecule has 4 heteroatoms. The van der Waals surface area contributed by atoms with E-state index < -0.39 is 5.54 Å². The Morgan fingerprint density at radius 2 is 1.27 bits per heavy atom. The lowest BCUT2D eigenvalue weighted by molar-refractivity contribution is 0.414. The maximum atomic E-state index is 9.34. The van der Waals surface area contributed by atoms with Crippen LogP contribution in [0.1, 0.15) is 16.7 Å². The summed E-state index contributed by atoms with van der Waals surface area (Å²) in [4.78, 5) is 3.19. The Kier molecular flexibility index (Phi) is 3.96. The van der Waals surface area contributed by atoms with E-state index in [-0.39, 0.29) is 0 Å². The molecule has 0 N–H and O–H groups in total. The number of rotatable bonds is 5. The second-order valence-corrected chi connectivity index (χ2v) is 6.11. The molecule has 0 unspecified atom stereocenters. The van der Waals surface area contributed by atoms with Gasteiger partial charge in [0.2, 0.25) is 0 Å². The van der Waals surface area contributed by atoms with Gasteiger partial charge in [0.15, 0.2) is 0 Å². The van der Waals surface area contributed by atoms with E-state index in [0.29, 0.717) is 0 Å². The molecule has 0 heterocycles. The number of nitrogens with zero attached hydrogens (tertiary/aromatic N) is 3. The first-order valence-corrected chi connectivity index (χ1v) is 8.38. The Hall–Kier alpha value is -3.49. The van der Waals surface area contributed by atoms with E-state index in [2.05, 4.69) is 34.3 Å². The normalized spacial score (nSPS) is 14.5. The Bertz CT molecular complexity index is 953. The molecule has 126 valence electrons. The van der Waals surface area contributed by atoms with Crippen LogP contribution in [0.5, 0.6) is 5.75 Å². The smallest absolute Gasteiger partial charge is 0.126 e. The van der Waals surface area contributed by atoms with E-state index >= 15 is 0 Å². The number of benzene rings is 3. The predicted octanol–water partition coefficient (Wildman–Crippen LogP) is 5.83. The van der Waals surface area contributed by atoms with Crippen LogP contribution in [0.25, 0.3) is 21.6 Å². The highest BCUT2D eigenvalue weighted by Gasteiger charge is 2.55. The molecule has 0 atom stereocenters. The second-order valence-electron chi connectivity index (χ2n) is 6.11. The maximum absolute atomic E-state index is 9.34. The summed E-state index contributed by atoms with van der Waals surface area (Å²) in [5.74, 6) is 0.771. The van der Waals surface area contributed by atoms with Gasteiger partial charge in [0, 0.05) is 4.91 Å². The van der Waals surface area contributed by atoms with Crippen molar-refractivity contribution in [2.24, 2.45) is 5.11 Å². The van der Waals surface area contributed by atoms with E-state index in [9.17, 15) is 5.53 Å². The molecule has 3 aromatic carbocycles. The van der Waals surface area contributed by atoms with Crippen molar-refractivity contribution in [2.75, 3.05) is 7.11 Å². The summed E-state index contributed by atoms with van der Waals surface area (Å²) in [6, 6.07) is 27.9. The Morgan fingerprint density at radius 1 is 0.769 bits per heavy atom. The van der Waals surface area contributed by atoms with Crippen LogP contribution in [0, 0.1) is 0 Å². The molecule has 0 amide bonds. The first kappa shape index (κ1) is 16.0. The Balaban J connectivity index is 1.92. The largest absolute Gasteiger partial charge is 0.497 e. The van der Waals surface area contributed by atoms with Gasteiger partial charge in [-0.2, -0.15) is 0 Å². The SMILES string of the molecule is COc1ccc(C2(N=[N+]=[N-])C(c3ccccc3)=C2c2ccccc2)cc1. The van der Waals surface area contributed by atoms with Gasteiger partial charge in [-0.3, -0.25) is 0 Å². The molecule has 0 radical (unpaired) electrons. The lowest BCUT2D eigenvalue weighted by Crippen LogP contribution is -2.09. The number of azide groups is 1. The number of hydrogen-bond donors (Lipinski definition) is 0. The minimum atomic E-state index is -0.788. The summed E-state index contributed by atoms with van der Waals surface area (Å²) in [5.41, 5.74) is 13.7. The van der Waals surface area contributed by atoms with Gasteiger partial charge in [-0.25, -0.2) is 0 Å². The fraction of sp³-hybridized carbons (Fsp3) is 0.0909. The first-order valence-electron chi connectivity index (χ1n) is 8.38. The summed E-state index contributed by atoms with van der Waals surface area (Å²) in [5, 5.41) is 4.27. The van der Waals surface area contributed by atoms with Crippen molar-refractivity contribution < 1.29 is 4.74 Å². The second kappa shape index (κ2) is 6.43. The third-order valence-electron chi connectivity index (χ3n) is 4.74. The monoisotopic (exact) mass is 339 g/mol. The van der Waals surface area contributed by atoms with E-state index in [0.717, 1.165) is 33.6 Å². The fourth-order valence-electron chi connectivity index (χ4n) is 3.53. The standard InChI is InChI=1S/C22H17N3O/c1-26-19-14-12-18(13-15-19)22(24-25-23)20(16-8-4-2-5-9-16)21(22)17-10-6-3-7-11-17/h2-15H,1H3. The highest BCUT2D eigenvalue weighted by atomic mass is 16.5. The highest BCUT2D eigenvalue weighted by molar-refractivity contribution is 6.18. The van der Waals surface area contributed by atoms with Crippen molar-refractivity contribution in [3.63, 3.8) is 0 Å². The van der Waals surface area contributed by atoms with Gasteiger partial charge in [0.1, 0.15) is 11.3 Å². The summed E-state index contributed by atoms with van der Waals surface area (Å²) in [6.07, 6.45) is 0. The molecule has 0 spiro atoms. The third-order valence-corrected chi connectivity index (χ3v) is 4.74. The molecule has 1 aliphatic carbocycles. The minimum absolute atomic E-state index is 0.771. The van der Waals surface area contributed by atoms with E-state index in [1.54, 1.807) is 7.11 Å². The number of ether oxygens (including phenoxy) is 1. The topological polar surface area (TPSA) is 58.0 Å².